The highest BCUT2D eigenvalue weighted by atomic mass is 16.5. The van der Waals surface area contributed by atoms with E-state index in [1.54, 1.807) is 24.3 Å². The summed E-state index contributed by atoms with van der Waals surface area (Å²) in [4.78, 5) is 36.6. The number of nitrogens with one attached hydrogen (secondary N) is 2. The zero-order chi connectivity index (χ0) is 24.8. The highest BCUT2D eigenvalue weighted by Crippen LogP contribution is 2.44. The van der Waals surface area contributed by atoms with Crippen LogP contribution in [0.3, 0.4) is 0 Å². The third-order valence-corrected chi connectivity index (χ3v) is 5.81. The Morgan fingerprint density at radius 1 is 0.971 bits per heavy atom. The predicted molar refractivity (Wildman–Crippen MR) is 129 cm³/mol. The van der Waals surface area contributed by atoms with Gasteiger partial charge in [0.05, 0.1) is 18.9 Å². The number of ether oxygens (including phenoxy) is 1. The lowest BCUT2D eigenvalue weighted by atomic mass is 9.98. The maximum Gasteiger partial charge on any atom is 0.407 e. The number of nitriles is 1. The number of fused-ring (bicyclic) bond motifs is 3. The molecule has 0 bridgehead atoms. The third kappa shape index (κ3) is 5.47. The van der Waals surface area contributed by atoms with E-state index in [0.29, 0.717) is 11.3 Å². The third-order valence-electron chi connectivity index (χ3n) is 5.81. The molecule has 1 atom stereocenters. The van der Waals surface area contributed by atoms with E-state index in [1.165, 1.54) is 0 Å². The Kier molecular flexibility index (Phi) is 7.07. The van der Waals surface area contributed by atoms with Crippen molar-refractivity contribution in [1.29, 1.82) is 5.26 Å². The first kappa shape index (κ1) is 23.5. The number of benzene rings is 3. The van der Waals surface area contributed by atoms with Crippen molar-refractivity contribution in [3.8, 4) is 17.2 Å². The summed E-state index contributed by atoms with van der Waals surface area (Å²) in [6, 6.07) is 23.1. The molecule has 4 rings (SSSR count). The van der Waals surface area contributed by atoms with E-state index in [9.17, 15) is 19.5 Å². The summed E-state index contributed by atoms with van der Waals surface area (Å²) >= 11 is 0. The van der Waals surface area contributed by atoms with Crippen LogP contribution in [0.25, 0.3) is 11.1 Å². The highest BCUT2D eigenvalue weighted by Gasteiger charge is 2.30. The number of amides is 2. The number of hydrogen-bond acceptors (Lipinski definition) is 5. The van der Waals surface area contributed by atoms with Crippen molar-refractivity contribution in [2.24, 2.45) is 0 Å². The van der Waals surface area contributed by atoms with Crippen LogP contribution in [0.4, 0.5) is 10.5 Å². The average molecular weight is 469 g/mol. The second-order valence-corrected chi connectivity index (χ2v) is 8.14. The molecule has 1 unspecified atom stereocenters. The van der Waals surface area contributed by atoms with E-state index in [1.807, 2.05) is 54.6 Å². The summed E-state index contributed by atoms with van der Waals surface area (Å²) in [6.07, 6.45) is -1.33. The van der Waals surface area contributed by atoms with E-state index in [4.69, 9.17) is 10.00 Å². The largest absolute Gasteiger partial charge is 0.481 e. The number of alkyl carbamates (subject to hydrolysis) is 1. The molecule has 0 fully saturated rings. The first-order chi connectivity index (χ1) is 17.0. The van der Waals surface area contributed by atoms with E-state index >= 15 is 0 Å². The topological polar surface area (TPSA) is 129 Å². The van der Waals surface area contributed by atoms with Gasteiger partial charge in [0.1, 0.15) is 12.6 Å². The molecule has 0 radical (unpaired) electrons. The number of carbonyl (C=O) groups is 3. The molecule has 0 aliphatic heterocycles. The van der Waals surface area contributed by atoms with E-state index in [-0.39, 0.29) is 18.9 Å². The molecule has 3 aromatic carbocycles. The summed E-state index contributed by atoms with van der Waals surface area (Å²) in [6.45, 7) is 0.0392. The Labute approximate surface area is 202 Å². The maximum absolute atomic E-state index is 12.7. The Hall–Kier alpha value is -4.64. The average Bonchev–Trinajstić information content (AvgIpc) is 3.16. The van der Waals surface area contributed by atoms with Gasteiger partial charge in [-0.1, -0.05) is 60.7 Å². The summed E-state index contributed by atoms with van der Waals surface area (Å²) in [5, 5.41) is 23.1. The predicted octanol–water partition coefficient (Wildman–Crippen LogP) is 4.07. The number of carbonyl (C=O) groups excluding carboxylic acids is 2. The molecule has 1 aliphatic rings. The molecule has 0 saturated heterocycles. The SMILES string of the molecule is N#CCc1cccc(NC(=O)C(CC(=O)O)NC(=O)OCC2c3ccccc3-c3ccccc32)c1. The van der Waals surface area contributed by atoms with Crippen molar-refractivity contribution in [1.82, 2.24) is 5.32 Å². The molecule has 35 heavy (non-hydrogen) atoms. The van der Waals surface area contributed by atoms with Gasteiger partial charge in [-0.2, -0.15) is 5.26 Å². The number of carboxylic acid groups (broad SMARTS) is 1. The second kappa shape index (κ2) is 10.5. The molecule has 1 aliphatic carbocycles. The Morgan fingerprint density at radius 2 is 1.63 bits per heavy atom. The van der Waals surface area contributed by atoms with E-state index in [0.717, 1.165) is 22.3 Å². The van der Waals surface area contributed by atoms with E-state index in [2.05, 4.69) is 10.6 Å². The Morgan fingerprint density at radius 3 is 2.26 bits per heavy atom. The fourth-order valence-electron chi connectivity index (χ4n) is 4.25. The van der Waals surface area contributed by atoms with E-state index < -0.39 is 30.4 Å². The highest BCUT2D eigenvalue weighted by molar-refractivity contribution is 5.98. The van der Waals surface area contributed by atoms with Gasteiger partial charge in [0, 0.05) is 11.6 Å². The zero-order valence-corrected chi connectivity index (χ0v) is 18.7. The fraction of sp³-hybridized carbons (Fsp3) is 0.185. The lowest BCUT2D eigenvalue weighted by Crippen LogP contribution is -2.45. The number of aliphatic carboxylic acids is 1. The molecule has 0 aromatic heterocycles. The van der Waals surface area contributed by atoms with Gasteiger partial charge in [-0.15, -0.1) is 0 Å². The molecule has 176 valence electrons. The molecule has 3 N–H and O–H groups in total. The molecule has 0 saturated carbocycles. The summed E-state index contributed by atoms with van der Waals surface area (Å²) in [5.74, 6) is -2.11. The van der Waals surface area contributed by atoms with Crippen LogP contribution in [0.15, 0.2) is 72.8 Å². The first-order valence-electron chi connectivity index (χ1n) is 11.1. The maximum atomic E-state index is 12.7. The summed E-state index contributed by atoms with van der Waals surface area (Å²) in [5.41, 5.74) is 5.34. The summed E-state index contributed by atoms with van der Waals surface area (Å²) in [7, 11) is 0. The van der Waals surface area contributed by atoms with Crippen molar-refractivity contribution < 1.29 is 24.2 Å². The molecule has 8 heteroatoms. The van der Waals surface area contributed by atoms with Crippen molar-refractivity contribution in [2.45, 2.75) is 24.8 Å². The van der Waals surface area contributed by atoms with Crippen LogP contribution in [-0.2, 0) is 20.7 Å². The fourth-order valence-corrected chi connectivity index (χ4v) is 4.25. The van der Waals surface area contributed by atoms with Gasteiger partial charge in [-0.25, -0.2) is 4.79 Å². The van der Waals surface area contributed by atoms with Crippen molar-refractivity contribution >= 4 is 23.7 Å². The van der Waals surface area contributed by atoms with Crippen molar-refractivity contribution in [3.63, 3.8) is 0 Å². The second-order valence-electron chi connectivity index (χ2n) is 8.14. The molecule has 0 spiro atoms. The zero-order valence-electron chi connectivity index (χ0n) is 18.7. The van der Waals surface area contributed by atoms with Crippen LogP contribution in [0.2, 0.25) is 0 Å². The first-order valence-corrected chi connectivity index (χ1v) is 11.1. The number of rotatable bonds is 8. The van der Waals surface area contributed by atoms with Crippen LogP contribution >= 0.6 is 0 Å². The lowest BCUT2D eigenvalue weighted by Gasteiger charge is -2.19. The van der Waals surface area contributed by atoms with Gasteiger partial charge >= 0.3 is 12.1 Å². The summed E-state index contributed by atoms with van der Waals surface area (Å²) < 4.78 is 5.44. The minimum atomic E-state index is -1.34. The van der Waals surface area contributed by atoms with Gasteiger partial charge in [0.15, 0.2) is 0 Å². The normalized spacial score (nSPS) is 12.5. The number of hydrogen-bond donors (Lipinski definition) is 3. The lowest BCUT2D eigenvalue weighted by molar-refractivity contribution is -0.139. The minimum Gasteiger partial charge on any atom is -0.481 e. The molecular weight excluding hydrogens is 446 g/mol. The quantitative estimate of drug-likeness (QED) is 0.456. The number of anilines is 1. The monoisotopic (exact) mass is 469 g/mol. The van der Waals surface area contributed by atoms with Crippen LogP contribution in [0, 0.1) is 11.3 Å². The van der Waals surface area contributed by atoms with Gasteiger partial charge in [-0.05, 0) is 39.9 Å². The molecule has 3 aromatic rings. The Balaban J connectivity index is 1.42. The van der Waals surface area contributed by atoms with Crippen LogP contribution in [-0.4, -0.2) is 35.7 Å². The van der Waals surface area contributed by atoms with Crippen LogP contribution in [0.5, 0.6) is 0 Å². The van der Waals surface area contributed by atoms with Crippen molar-refractivity contribution in [2.75, 3.05) is 11.9 Å². The minimum absolute atomic E-state index is 0.0392. The number of nitrogens with zero attached hydrogens (tertiary/aromatic N) is 1. The molecular formula is C27H23N3O5. The van der Waals surface area contributed by atoms with Gasteiger partial charge in [0.2, 0.25) is 5.91 Å². The van der Waals surface area contributed by atoms with Gasteiger partial charge in [0.25, 0.3) is 0 Å². The molecule has 2 amide bonds. The molecule has 8 nitrogen and oxygen atoms in total. The van der Waals surface area contributed by atoms with Gasteiger partial charge < -0.3 is 20.5 Å². The Bertz CT molecular complexity index is 1270. The van der Waals surface area contributed by atoms with Crippen molar-refractivity contribution in [3.05, 3.63) is 89.5 Å². The molecule has 0 heterocycles. The smallest absolute Gasteiger partial charge is 0.407 e. The van der Waals surface area contributed by atoms with Crippen LogP contribution < -0.4 is 10.6 Å². The van der Waals surface area contributed by atoms with Crippen LogP contribution in [0.1, 0.15) is 29.0 Å². The standard InChI is InChI=1S/C27H23N3O5/c28-13-12-17-6-5-7-18(14-17)29-26(33)24(15-25(31)32)30-27(34)35-16-23-21-10-3-1-8-19(21)20-9-2-4-11-22(20)23/h1-11,14,23-24H,12,15-16H2,(H,29,33)(H,30,34)(H,31,32). The number of carboxylic acids is 1. The van der Waals surface area contributed by atoms with Gasteiger partial charge in [-0.3, -0.25) is 9.59 Å².